The number of rotatable bonds is 4. The first-order chi connectivity index (χ1) is 9.76. The predicted molar refractivity (Wildman–Crippen MR) is 87.5 cm³/mol. The largest absolute Gasteiger partial charge is 0.497 e. The van der Waals surface area contributed by atoms with E-state index < -0.39 is 0 Å². The van der Waals surface area contributed by atoms with Crippen molar-refractivity contribution in [2.45, 2.75) is 31.8 Å². The van der Waals surface area contributed by atoms with E-state index in [4.69, 9.17) is 4.74 Å². The van der Waals surface area contributed by atoms with Crippen LogP contribution in [0.5, 0.6) is 5.75 Å². The van der Waals surface area contributed by atoms with E-state index in [0.717, 1.165) is 18.7 Å². The van der Waals surface area contributed by atoms with Crippen molar-refractivity contribution in [2.24, 2.45) is 0 Å². The maximum Gasteiger partial charge on any atom is 0.119 e. The van der Waals surface area contributed by atoms with Crippen molar-refractivity contribution in [3.05, 3.63) is 50.1 Å². The van der Waals surface area contributed by atoms with E-state index in [-0.39, 0.29) is 0 Å². The number of thiophene rings is 1. The molecule has 1 aliphatic carbocycles. The maximum absolute atomic E-state index is 5.32. The Bertz CT molecular complexity index is 596. The number of methoxy groups -OCH3 is 1. The normalized spacial score (nSPS) is 17.8. The van der Waals surface area contributed by atoms with E-state index in [9.17, 15) is 0 Å². The molecule has 0 spiro atoms. The highest BCUT2D eigenvalue weighted by atomic mass is 79.9. The lowest BCUT2D eigenvalue weighted by molar-refractivity contribution is 0.410. The number of nitrogens with one attached hydrogen (secondary N) is 1. The van der Waals surface area contributed by atoms with E-state index >= 15 is 0 Å². The Hall–Kier alpha value is -0.840. The van der Waals surface area contributed by atoms with Gasteiger partial charge in [0.25, 0.3) is 0 Å². The van der Waals surface area contributed by atoms with Crippen molar-refractivity contribution >= 4 is 27.3 Å². The summed E-state index contributed by atoms with van der Waals surface area (Å²) in [5.41, 5.74) is 2.87. The Balaban J connectivity index is 1.73. The van der Waals surface area contributed by atoms with Crippen LogP contribution in [-0.4, -0.2) is 7.11 Å². The van der Waals surface area contributed by atoms with Gasteiger partial charge in [0.05, 0.1) is 7.11 Å². The average molecular weight is 352 g/mol. The number of benzene rings is 1. The molecule has 1 aliphatic rings. The summed E-state index contributed by atoms with van der Waals surface area (Å²) in [6.07, 6.45) is 3.62. The highest BCUT2D eigenvalue weighted by molar-refractivity contribution is 9.10. The number of hydrogen-bond acceptors (Lipinski definition) is 3. The quantitative estimate of drug-likeness (QED) is 0.862. The summed E-state index contributed by atoms with van der Waals surface area (Å²) in [6, 6.07) is 9.13. The number of ether oxygens (including phenoxy) is 1. The van der Waals surface area contributed by atoms with Gasteiger partial charge in [0, 0.05) is 27.3 Å². The molecule has 0 amide bonds. The molecule has 3 rings (SSSR count). The van der Waals surface area contributed by atoms with Gasteiger partial charge in [-0.05, 0) is 64.5 Å². The Kier molecular flexibility index (Phi) is 4.44. The van der Waals surface area contributed by atoms with Crippen molar-refractivity contribution in [1.29, 1.82) is 0 Å². The van der Waals surface area contributed by atoms with E-state index in [1.54, 1.807) is 18.4 Å². The fraction of sp³-hybridized carbons (Fsp3) is 0.375. The fourth-order valence-corrected chi connectivity index (χ4v) is 4.20. The molecule has 0 aliphatic heterocycles. The number of halogens is 1. The lowest BCUT2D eigenvalue weighted by Crippen LogP contribution is -2.24. The first kappa shape index (κ1) is 14.1. The van der Waals surface area contributed by atoms with Crippen molar-refractivity contribution < 1.29 is 4.74 Å². The summed E-state index contributed by atoms with van der Waals surface area (Å²) in [6.45, 7) is 0.937. The summed E-state index contributed by atoms with van der Waals surface area (Å²) < 4.78 is 6.50. The Morgan fingerprint density at radius 1 is 1.40 bits per heavy atom. The van der Waals surface area contributed by atoms with E-state index in [0.29, 0.717) is 6.04 Å². The van der Waals surface area contributed by atoms with Gasteiger partial charge in [-0.2, -0.15) is 0 Å². The van der Waals surface area contributed by atoms with Crippen LogP contribution in [0, 0.1) is 0 Å². The highest BCUT2D eigenvalue weighted by Gasteiger charge is 2.20. The zero-order valence-corrected chi connectivity index (χ0v) is 13.9. The molecule has 1 N–H and O–H groups in total. The summed E-state index contributed by atoms with van der Waals surface area (Å²) >= 11 is 5.30. The minimum Gasteiger partial charge on any atom is -0.497 e. The second-order valence-electron chi connectivity index (χ2n) is 5.12. The Morgan fingerprint density at radius 2 is 2.30 bits per heavy atom. The molecule has 0 radical (unpaired) electrons. The maximum atomic E-state index is 5.32. The average Bonchev–Trinajstić information content (AvgIpc) is 2.90. The van der Waals surface area contributed by atoms with Crippen LogP contribution in [0.4, 0.5) is 0 Å². The molecule has 4 heteroatoms. The third-order valence-electron chi connectivity index (χ3n) is 3.81. The summed E-state index contributed by atoms with van der Waals surface area (Å²) in [5.74, 6) is 0.964. The molecule has 1 atom stereocenters. The SMILES string of the molecule is COc1ccc2c(c1)CCCC2NCc1cc(Br)cs1. The first-order valence-corrected chi connectivity index (χ1v) is 8.56. The van der Waals surface area contributed by atoms with Crippen LogP contribution in [-0.2, 0) is 13.0 Å². The third kappa shape index (κ3) is 3.08. The van der Waals surface area contributed by atoms with Crippen LogP contribution in [0.15, 0.2) is 34.1 Å². The van der Waals surface area contributed by atoms with Gasteiger partial charge < -0.3 is 10.1 Å². The van der Waals surface area contributed by atoms with Crippen LogP contribution in [0.25, 0.3) is 0 Å². The van der Waals surface area contributed by atoms with Gasteiger partial charge in [-0.3, -0.25) is 0 Å². The molecular formula is C16H18BrNOS. The minimum absolute atomic E-state index is 0.463. The lowest BCUT2D eigenvalue weighted by atomic mass is 9.87. The summed E-state index contributed by atoms with van der Waals surface area (Å²) in [4.78, 5) is 1.37. The number of hydrogen-bond donors (Lipinski definition) is 1. The first-order valence-electron chi connectivity index (χ1n) is 6.89. The lowest BCUT2D eigenvalue weighted by Gasteiger charge is -2.26. The molecule has 0 bridgehead atoms. The molecule has 1 heterocycles. The standard InChI is InChI=1S/C16H18BrNOS/c1-19-13-5-6-15-11(7-13)3-2-4-16(15)18-9-14-8-12(17)10-20-14/h5-8,10,16,18H,2-4,9H2,1H3. The van der Waals surface area contributed by atoms with E-state index in [1.165, 1.54) is 33.3 Å². The molecule has 2 nitrogen and oxygen atoms in total. The Morgan fingerprint density at radius 3 is 3.05 bits per heavy atom. The Labute approximate surface area is 132 Å². The zero-order chi connectivity index (χ0) is 13.9. The van der Waals surface area contributed by atoms with Crippen LogP contribution in [0.3, 0.4) is 0 Å². The van der Waals surface area contributed by atoms with Gasteiger partial charge >= 0.3 is 0 Å². The van der Waals surface area contributed by atoms with Gasteiger partial charge in [0.1, 0.15) is 5.75 Å². The molecule has 2 aromatic rings. The van der Waals surface area contributed by atoms with Gasteiger partial charge in [0.15, 0.2) is 0 Å². The molecule has 20 heavy (non-hydrogen) atoms. The molecule has 0 fully saturated rings. The number of fused-ring (bicyclic) bond motifs is 1. The predicted octanol–water partition coefficient (Wildman–Crippen LogP) is 4.69. The second kappa shape index (κ2) is 6.29. The molecular weight excluding hydrogens is 334 g/mol. The molecule has 106 valence electrons. The number of aryl methyl sites for hydroxylation is 1. The van der Waals surface area contributed by atoms with Crippen LogP contribution >= 0.6 is 27.3 Å². The van der Waals surface area contributed by atoms with Crippen molar-refractivity contribution in [2.75, 3.05) is 7.11 Å². The van der Waals surface area contributed by atoms with E-state index in [1.807, 2.05) is 0 Å². The fourth-order valence-electron chi connectivity index (χ4n) is 2.80. The van der Waals surface area contributed by atoms with Crippen LogP contribution < -0.4 is 10.1 Å². The van der Waals surface area contributed by atoms with Crippen molar-refractivity contribution in [3.8, 4) is 5.75 Å². The smallest absolute Gasteiger partial charge is 0.119 e. The summed E-state index contributed by atoms with van der Waals surface area (Å²) in [5, 5.41) is 5.83. The molecule has 1 unspecified atom stereocenters. The van der Waals surface area contributed by atoms with Gasteiger partial charge in [-0.15, -0.1) is 11.3 Å². The topological polar surface area (TPSA) is 21.3 Å². The van der Waals surface area contributed by atoms with Crippen molar-refractivity contribution in [1.82, 2.24) is 5.32 Å². The van der Waals surface area contributed by atoms with Crippen molar-refractivity contribution in [3.63, 3.8) is 0 Å². The minimum atomic E-state index is 0.463. The van der Waals surface area contributed by atoms with Crippen LogP contribution in [0.2, 0.25) is 0 Å². The highest BCUT2D eigenvalue weighted by Crippen LogP contribution is 2.32. The van der Waals surface area contributed by atoms with Crippen LogP contribution in [0.1, 0.15) is 34.9 Å². The van der Waals surface area contributed by atoms with E-state index in [2.05, 4.69) is 50.9 Å². The van der Waals surface area contributed by atoms with Gasteiger partial charge in [0.2, 0.25) is 0 Å². The molecule has 0 saturated carbocycles. The molecule has 1 aromatic heterocycles. The monoisotopic (exact) mass is 351 g/mol. The zero-order valence-electron chi connectivity index (χ0n) is 11.5. The molecule has 1 aromatic carbocycles. The second-order valence-corrected chi connectivity index (χ2v) is 7.03. The molecule has 0 saturated heterocycles. The summed E-state index contributed by atoms with van der Waals surface area (Å²) in [7, 11) is 1.73. The third-order valence-corrected chi connectivity index (χ3v) is 5.51. The van der Waals surface area contributed by atoms with Gasteiger partial charge in [-0.1, -0.05) is 6.07 Å². The van der Waals surface area contributed by atoms with Gasteiger partial charge in [-0.25, -0.2) is 0 Å².